The molecule has 216 valence electrons. The third-order valence-electron chi connectivity index (χ3n) is 7.05. The van der Waals surface area contributed by atoms with Crippen molar-refractivity contribution in [2.75, 3.05) is 6.54 Å². The van der Waals surface area contributed by atoms with Crippen LogP contribution in [0.1, 0.15) is 48.2 Å². The summed E-state index contributed by atoms with van der Waals surface area (Å²) in [7, 11) is -4.09. The number of hydrogen-bond acceptors (Lipinski definition) is 5. The summed E-state index contributed by atoms with van der Waals surface area (Å²) < 4.78 is 26.8. The Bertz CT molecular complexity index is 1550. The number of carbonyl (C=O) groups is 3. The molecular formula is C30H31Cl2N3O5S. The zero-order valence-electron chi connectivity index (χ0n) is 22.7. The van der Waals surface area contributed by atoms with Crippen molar-refractivity contribution in [2.24, 2.45) is 0 Å². The number of fused-ring (bicyclic) bond motifs is 1. The number of benzene rings is 3. The lowest BCUT2D eigenvalue weighted by Gasteiger charge is -2.33. The molecule has 3 aromatic carbocycles. The second-order valence-electron chi connectivity index (χ2n) is 9.92. The minimum absolute atomic E-state index is 0.0159. The topological polar surface area (TPSA) is 104 Å². The van der Waals surface area contributed by atoms with Gasteiger partial charge in [0.15, 0.2) is 0 Å². The molecule has 3 aromatic rings. The minimum Gasteiger partial charge on any atom is -0.352 e. The Kier molecular flexibility index (Phi) is 9.73. The lowest BCUT2D eigenvalue weighted by atomic mass is 10.0. The third kappa shape index (κ3) is 6.92. The van der Waals surface area contributed by atoms with Gasteiger partial charge in [0, 0.05) is 32.0 Å². The van der Waals surface area contributed by atoms with E-state index in [1.807, 2.05) is 44.2 Å². The molecule has 0 spiro atoms. The first-order valence-corrected chi connectivity index (χ1v) is 15.5. The van der Waals surface area contributed by atoms with Crippen LogP contribution in [0.15, 0.2) is 77.7 Å². The van der Waals surface area contributed by atoms with Gasteiger partial charge in [-0.25, -0.2) is 12.7 Å². The summed E-state index contributed by atoms with van der Waals surface area (Å²) in [6.07, 6.45) is 0.602. The first kappa shape index (κ1) is 30.6. The number of carbonyl (C=O) groups excluding carboxylic acids is 3. The van der Waals surface area contributed by atoms with Gasteiger partial charge in [-0.3, -0.25) is 14.4 Å². The monoisotopic (exact) mass is 615 g/mol. The number of nitrogens with one attached hydrogen (secondary N) is 1. The normalized spacial score (nSPS) is 15.2. The highest BCUT2D eigenvalue weighted by molar-refractivity contribution is 7.90. The van der Waals surface area contributed by atoms with Gasteiger partial charge in [0.2, 0.25) is 11.8 Å². The fourth-order valence-electron chi connectivity index (χ4n) is 4.62. The SMILES string of the molecule is CCC(C)NC(=O)C(Cc1ccccc1)N(Cc1ccc(Cl)c(Cl)c1)C(=O)CCN1C(=O)c2ccccc2S1(=O)=O. The van der Waals surface area contributed by atoms with E-state index in [9.17, 15) is 22.8 Å². The Labute approximate surface area is 250 Å². The van der Waals surface area contributed by atoms with E-state index >= 15 is 0 Å². The van der Waals surface area contributed by atoms with Crippen molar-refractivity contribution in [3.05, 3.63) is 99.5 Å². The molecule has 1 N–H and O–H groups in total. The molecule has 1 heterocycles. The van der Waals surface area contributed by atoms with Crippen molar-refractivity contribution in [2.45, 2.75) is 56.6 Å². The Morgan fingerprint density at radius 1 is 0.951 bits per heavy atom. The Morgan fingerprint density at radius 2 is 1.63 bits per heavy atom. The molecule has 1 aliphatic rings. The lowest BCUT2D eigenvalue weighted by Crippen LogP contribution is -2.52. The largest absolute Gasteiger partial charge is 0.352 e. The third-order valence-corrected chi connectivity index (χ3v) is 9.63. The van der Waals surface area contributed by atoms with Gasteiger partial charge in [-0.2, -0.15) is 0 Å². The van der Waals surface area contributed by atoms with Gasteiger partial charge in [-0.15, -0.1) is 0 Å². The van der Waals surface area contributed by atoms with Crippen LogP contribution in [0.5, 0.6) is 0 Å². The highest BCUT2D eigenvalue weighted by Crippen LogP contribution is 2.30. The maximum Gasteiger partial charge on any atom is 0.269 e. The van der Waals surface area contributed by atoms with Gasteiger partial charge in [-0.1, -0.05) is 78.7 Å². The van der Waals surface area contributed by atoms with E-state index in [2.05, 4.69) is 5.32 Å². The molecule has 2 unspecified atom stereocenters. The average molecular weight is 617 g/mol. The summed E-state index contributed by atoms with van der Waals surface area (Å²) in [5.74, 6) is -1.51. The maximum absolute atomic E-state index is 13.9. The molecule has 0 saturated heterocycles. The van der Waals surface area contributed by atoms with Crippen LogP contribution in [0.25, 0.3) is 0 Å². The molecule has 41 heavy (non-hydrogen) atoms. The number of hydrogen-bond donors (Lipinski definition) is 1. The van der Waals surface area contributed by atoms with E-state index in [1.54, 1.807) is 30.3 Å². The van der Waals surface area contributed by atoms with E-state index in [0.717, 1.165) is 9.87 Å². The summed E-state index contributed by atoms with van der Waals surface area (Å²) in [6.45, 7) is 3.48. The van der Waals surface area contributed by atoms with E-state index < -0.39 is 27.9 Å². The van der Waals surface area contributed by atoms with Gasteiger partial charge in [-0.05, 0) is 48.7 Å². The van der Waals surface area contributed by atoms with Crippen LogP contribution in [0, 0.1) is 0 Å². The van der Waals surface area contributed by atoms with Crippen LogP contribution < -0.4 is 5.32 Å². The van der Waals surface area contributed by atoms with E-state index in [-0.39, 0.29) is 48.3 Å². The van der Waals surface area contributed by atoms with Crippen molar-refractivity contribution in [3.63, 3.8) is 0 Å². The Balaban J connectivity index is 1.66. The van der Waals surface area contributed by atoms with Crippen molar-refractivity contribution < 1.29 is 22.8 Å². The van der Waals surface area contributed by atoms with Gasteiger partial charge >= 0.3 is 0 Å². The fourth-order valence-corrected chi connectivity index (χ4v) is 6.51. The first-order chi connectivity index (χ1) is 19.5. The summed E-state index contributed by atoms with van der Waals surface area (Å²) in [5, 5.41) is 3.63. The van der Waals surface area contributed by atoms with Gasteiger partial charge in [0.25, 0.3) is 15.9 Å². The van der Waals surface area contributed by atoms with Crippen molar-refractivity contribution >= 4 is 50.9 Å². The van der Waals surface area contributed by atoms with Gasteiger partial charge < -0.3 is 10.2 Å². The Morgan fingerprint density at radius 3 is 2.29 bits per heavy atom. The summed E-state index contributed by atoms with van der Waals surface area (Å²) in [6, 6.07) is 19.2. The van der Waals surface area contributed by atoms with Gasteiger partial charge in [0.1, 0.15) is 10.9 Å². The van der Waals surface area contributed by atoms with Crippen LogP contribution in [0.3, 0.4) is 0 Å². The van der Waals surface area contributed by atoms with E-state index in [0.29, 0.717) is 22.0 Å². The maximum atomic E-state index is 13.9. The second kappa shape index (κ2) is 13.1. The van der Waals surface area contributed by atoms with Crippen LogP contribution in [-0.4, -0.2) is 54.0 Å². The van der Waals surface area contributed by atoms with Crippen LogP contribution in [-0.2, 0) is 32.6 Å². The highest BCUT2D eigenvalue weighted by Gasteiger charge is 2.41. The number of halogens is 2. The molecule has 0 aromatic heterocycles. The van der Waals surface area contributed by atoms with Crippen LogP contribution in [0.2, 0.25) is 10.0 Å². The van der Waals surface area contributed by atoms with E-state index in [4.69, 9.17) is 23.2 Å². The standard InChI is InChI=1S/C30H31Cl2N3O5S/c1-3-20(2)33-29(37)26(18-21-9-5-4-6-10-21)34(19-22-13-14-24(31)25(32)17-22)28(36)15-16-35-30(38)23-11-7-8-12-27(23)41(35,39)40/h4-14,17,20,26H,3,15-16,18-19H2,1-2H3,(H,33,37). The Hall–Kier alpha value is -3.40. The lowest BCUT2D eigenvalue weighted by molar-refractivity contribution is -0.141. The zero-order chi connectivity index (χ0) is 29.7. The number of sulfonamides is 1. The van der Waals surface area contributed by atoms with Crippen molar-refractivity contribution in [3.8, 4) is 0 Å². The molecule has 0 fully saturated rings. The molecule has 11 heteroatoms. The minimum atomic E-state index is -4.09. The molecule has 0 radical (unpaired) electrons. The molecule has 0 saturated carbocycles. The molecule has 8 nitrogen and oxygen atoms in total. The average Bonchev–Trinajstić information content (AvgIpc) is 3.15. The predicted molar refractivity (Wildman–Crippen MR) is 158 cm³/mol. The zero-order valence-corrected chi connectivity index (χ0v) is 25.0. The molecule has 2 atom stereocenters. The van der Waals surface area contributed by atoms with Crippen molar-refractivity contribution in [1.82, 2.24) is 14.5 Å². The fraction of sp³-hybridized carbons (Fsp3) is 0.300. The smallest absolute Gasteiger partial charge is 0.269 e. The van der Waals surface area contributed by atoms with Gasteiger partial charge in [0.05, 0.1) is 15.6 Å². The first-order valence-electron chi connectivity index (χ1n) is 13.3. The van der Waals surface area contributed by atoms with E-state index in [1.165, 1.54) is 17.0 Å². The molecule has 4 rings (SSSR count). The molecule has 3 amide bonds. The molecule has 0 aliphatic carbocycles. The number of amides is 3. The quantitative estimate of drug-likeness (QED) is 0.324. The summed E-state index contributed by atoms with van der Waals surface area (Å²) in [5.41, 5.74) is 1.55. The van der Waals surface area contributed by atoms with Crippen LogP contribution >= 0.6 is 23.2 Å². The number of rotatable bonds is 11. The van der Waals surface area contributed by atoms with Crippen molar-refractivity contribution in [1.29, 1.82) is 0 Å². The molecule has 1 aliphatic heterocycles. The summed E-state index contributed by atoms with van der Waals surface area (Å²) >= 11 is 12.4. The van der Waals surface area contributed by atoms with Crippen LogP contribution in [0.4, 0.5) is 0 Å². The highest BCUT2D eigenvalue weighted by atomic mass is 35.5. The summed E-state index contributed by atoms with van der Waals surface area (Å²) in [4.78, 5) is 41.8. The predicted octanol–water partition coefficient (Wildman–Crippen LogP) is 5.08. The molecular weight excluding hydrogens is 585 g/mol. The molecule has 0 bridgehead atoms. The number of nitrogens with zero attached hydrogens (tertiary/aromatic N) is 2. The second-order valence-corrected chi connectivity index (χ2v) is 12.6.